The van der Waals surface area contributed by atoms with E-state index in [4.69, 9.17) is 21.6 Å². The summed E-state index contributed by atoms with van der Waals surface area (Å²) in [5.74, 6) is -0.161. The summed E-state index contributed by atoms with van der Waals surface area (Å²) >= 11 is 7.63. The maximum Gasteiger partial charge on any atom is 0.417 e. The standard InChI is InChI=1S/C26H30ClF3N4O4S2/c1-25(2,3)38-24(35)33-11-5-6-18(33)14-40(36,37)20-9-7-17(8-10-20)23-21(26(28,29)30)12-19(13-22(23)27)34(16-39-4)32-15-31/h7-10,12-13,18,32H,5-6,11,14,16H2,1-4H3/t18-/m0/s1. The van der Waals surface area contributed by atoms with Crippen molar-refractivity contribution in [3.63, 3.8) is 0 Å². The third-order valence-electron chi connectivity index (χ3n) is 6.05. The molecule has 0 bridgehead atoms. The number of thioether (sulfide) groups is 1. The molecule has 0 unspecified atom stereocenters. The van der Waals surface area contributed by atoms with E-state index in [0.717, 1.165) is 6.07 Å². The highest BCUT2D eigenvalue weighted by atomic mass is 35.5. The summed E-state index contributed by atoms with van der Waals surface area (Å²) < 4.78 is 74.2. The maximum atomic E-state index is 14.1. The highest BCUT2D eigenvalue weighted by molar-refractivity contribution is 7.98. The fraction of sp³-hybridized carbons (Fsp3) is 0.462. The van der Waals surface area contributed by atoms with E-state index in [1.54, 1.807) is 33.2 Å². The van der Waals surface area contributed by atoms with Crippen LogP contribution in [0.3, 0.4) is 0 Å². The van der Waals surface area contributed by atoms with Crippen LogP contribution in [0, 0.1) is 11.5 Å². The number of anilines is 1. The average Bonchev–Trinajstić information content (AvgIpc) is 3.29. The molecule has 1 amide bonds. The summed E-state index contributed by atoms with van der Waals surface area (Å²) in [6, 6.07) is 6.63. The molecule has 1 aliphatic rings. The number of ether oxygens (including phenoxy) is 1. The second-order valence-electron chi connectivity index (χ2n) is 10.2. The van der Waals surface area contributed by atoms with Crippen molar-refractivity contribution in [2.45, 2.75) is 56.3 Å². The Morgan fingerprint density at radius 2 is 1.90 bits per heavy atom. The number of nitrogens with zero attached hydrogens (tertiary/aromatic N) is 3. The largest absolute Gasteiger partial charge is 0.444 e. The zero-order chi connectivity index (χ0) is 29.9. The van der Waals surface area contributed by atoms with Gasteiger partial charge in [0.25, 0.3) is 0 Å². The van der Waals surface area contributed by atoms with Gasteiger partial charge < -0.3 is 9.64 Å². The quantitative estimate of drug-likeness (QED) is 0.159. The Kier molecular flexibility index (Phi) is 9.80. The lowest BCUT2D eigenvalue weighted by Gasteiger charge is -2.28. The summed E-state index contributed by atoms with van der Waals surface area (Å²) in [4.78, 5) is 13.9. The topological polar surface area (TPSA) is 103 Å². The number of carbonyl (C=O) groups excluding carboxylic acids is 1. The lowest BCUT2D eigenvalue weighted by molar-refractivity contribution is -0.137. The highest BCUT2D eigenvalue weighted by Gasteiger charge is 2.37. The molecule has 40 heavy (non-hydrogen) atoms. The van der Waals surface area contributed by atoms with Gasteiger partial charge in [-0.05, 0) is 69.7 Å². The van der Waals surface area contributed by atoms with Crippen LogP contribution >= 0.6 is 23.4 Å². The van der Waals surface area contributed by atoms with Crippen molar-refractivity contribution in [2.24, 2.45) is 0 Å². The molecule has 0 radical (unpaired) electrons. The van der Waals surface area contributed by atoms with Crippen LogP contribution in [0.2, 0.25) is 5.02 Å². The Bertz CT molecular complexity index is 1370. The summed E-state index contributed by atoms with van der Waals surface area (Å²) in [6.45, 7) is 5.55. The first-order valence-corrected chi connectivity index (χ1v) is 15.6. The van der Waals surface area contributed by atoms with Gasteiger partial charge in [-0.25, -0.2) is 18.6 Å². The molecule has 0 aliphatic carbocycles. The van der Waals surface area contributed by atoms with Gasteiger partial charge in [0.05, 0.1) is 32.8 Å². The number of alkyl halides is 3. The van der Waals surface area contributed by atoms with Gasteiger partial charge in [0, 0.05) is 18.2 Å². The molecule has 8 nitrogen and oxygen atoms in total. The van der Waals surface area contributed by atoms with Crippen LogP contribution in [0.4, 0.5) is 23.7 Å². The molecule has 0 saturated carbocycles. The fourth-order valence-electron chi connectivity index (χ4n) is 4.37. The van der Waals surface area contributed by atoms with E-state index in [1.165, 1.54) is 52.0 Å². The van der Waals surface area contributed by atoms with Crippen LogP contribution < -0.4 is 10.4 Å². The Labute approximate surface area is 241 Å². The average molecular weight is 619 g/mol. The number of hydrogen-bond acceptors (Lipinski definition) is 8. The third kappa shape index (κ3) is 7.67. The number of hydrazine groups is 1. The molecule has 1 heterocycles. The van der Waals surface area contributed by atoms with Gasteiger partial charge in [-0.1, -0.05) is 23.7 Å². The Balaban J connectivity index is 1.92. The predicted octanol–water partition coefficient (Wildman–Crippen LogP) is 6.31. The van der Waals surface area contributed by atoms with E-state index in [1.807, 2.05) is 0 Å². The van der Waals surface area contributed by atoms with Gasteiger partial charge in [-0.15, -0.1) is 11.8 Å². The van der Waals surface area contributed by atoms with E-state index < -0.39 is 39.3 Å². The molecule has 218 valence electrons. The minimum absolute atomic E-state index is 0.0438. The van der Waals surface area contributed by atoms with Gasteiger partial charge in [-0.2, -0.15) is 18.4 Å². The van der Waals surface area contributed by atoms with E-state index in [9.17, 15) is 26.4 Å². The van der Waals surface area contributed by atoms with Crippen LogP contribution in [-0.2, 0) is 20.8 Å². The Hall–Kier alpha value is -2.82. The number of benzene rings is 2. The van der Waals surface area contributed by atoms with Gasteiger partial charge in [-0.3, -0.25) is 5.01 Å². The zero-order valence-corrected chi connectivity index (χ0v) is 24.8. The SMILES string of the molecule is CSCN(NC#N)c1cc(Cl)c(-c2ccc(S(=O)(=O)C[C@@H]3CCCN3C(=O)OC(C)(C)C)cc2)c(C(F)(F)F)c1. The fourth-order valence-corrected chi connectivity index (χ4v) is 6.77. The number of amides is 1. The number of hydrogen-bond donors (Lipinski definition) is 1. The van der Waals surface area contributed by atoms with Crippen molar-refractivity contribution >= 4 is 45.0 Å². The van der Waals surface area contributed by atoms with Crippen molar-refractivity contribution < 1.29 is 31.1 Å². The number of nitriles is 1. The minimum Gasteiger partial charge on any atom is -0.444 e. The molecule has 1 fully saturated rings. The van der Waals surface area contributed by atoms with E-state index >= 15 is 0 Å². The zero-order valence-electron chi connectivity index (χ0n) is 22.4. The van der Waals surface area contributed by atoms with Gasteiger partial charge in [0.1, 0.15) is 5.60 Å². The van der Waals surface area contributed by atoms with Crippen LogP contribution in [0.1, 0.15) is 39.2 Å². The Morgan fingerprint density at radius 1 is 1.25 bits per heavy atom. The van der Waals surface area contributed by atoms with Crippen molar-refractivity contribution in [3.05, 3.63) is 47.0 Å². The maximum absolute atomic E-state index is 14.1. The first-order chi connectivity index (χ1) is 18.6. The number of rotatable bonds is 8. The molecule has 1 saturated heterocycles. The molecule has 0 aromatic heterocycles. The highest BCUT2D eigenvalue weighted by Crippen LogP contribution is 2.43. The van der Waals surface area contributed by atoms with Gasteiger partial charge in [0.15, 0.2) is 16.0 Å². The molecular formula is C26H30ClF3N4O4S2. The third-order valence-corrected chi connectivity index (χ3v) is 8.68. The van der Waals surface area contributed by atoms with Gasteiger partial charge >= 0.3 is 12.3 Å². The minimum atomic E-state index is -4.79. The molecule has 14 heteroatoms. The van der Waals surface area contributed by atoms with Crippen LogP contribution in [-0.4, -0.2) is 55.5 Å². The van der Waals surface area contributed by atoms with Gasteiger partial charge in [0.2, 0.25) is 0 Å². The molecule has 1 N–H and O–H groups in total. The lowest BCUT2D eigenvalue weighted by atomic mass is 9.98. The molecule has 3 rings (SSSR count). The van der Waals surface area contributed by atoms with Crippen LogP contribution in [0.5, 0.6) is 0 Å². The monoisotopic (exact) mass is 618 g/mol. The number of sulfone groups is 1. The molecular weight excluding hydrogens is 589 g/mol. The second-order valence-corrected chi connectivity index (χ2v) is 13.5. The lowest BCUT2D eigenvalue weighted by Crippen LogP contribution is -2.42. The number of carbonyl (C=O) groups is 1. The number of likely N-dealkylation sites (tertiary alicyclic amines) is 1. The van der Waals surface area contributed by atoms with Crippen LogP contribution in [0.15, 0.2) is 41.3 Å². The second kappa shape index (κ2) is 12.4. The molecule has 1 atom stereocenters. The number of halogens is 4. The Morgan fingerprint density at radius 3 is 2.45 bits per heavy atom. The summed E-state index contributed by atoms with van der Waals surface area (Å²) in [7, 11) is -3.88. The van der Waals surface area contributed by atoms with Crippen molar-refractivity contribution in [1.82, 2.24) is 10.3 Å². The number of nitrogens with one attached hydrogen (secondary N) is 1. The van der Waals surface area contributed by atoms with Crippen molar-refractivity contribution in [1.29, 1.82) is 5.26 Å². The smallest absolute Gasteiger partial charge is 0.417 e. The normalized spacial score (nSPS) is 16.0. The van der Waals surface area contributed by atoms with Crippen molar-refractivity contribution in [3.8, 4) is 17.3 Å². The summed E-state index contributed by atoms with van der Waals surface area (Å²) in [5.41, 5.74) is 0.378. The van der Waals surface area contributed by atoms with Crippen LogP contribution in [0.25, 0.3) is 11.1 Å². The first-order valence-electron chi connectivity index (χ1n) is 12.2. The first kappa shape index (κ1) is 31.7. The van der Waals surface area contributed by atoms with Crippen molar-refractivity contribution in [2.75, 3.05) is 29.4 Å². The molecule has 2 aromatic rings. The molecule has 2 aromatic carbocycles. The molecule has 0 spiro atoms. The van der Waals surface area contributed by atoms with E-state index in [2.05, 4.69) is 5.43 Å². The van der Waals surface area contributed by atoms with E-state index in [-0.39, 0.29) is 38.4 Å². The summed E-state index contributed by atoms with van der Waals surface area (Å²) in [6.07, 6.45) is -0.834. The molecule has 1 aliphatic heterocycles. The van der Waals surface area contributed by atoms with E-state index in [0.29, 0.717) is 19.4 Å². The summed E-state index contributed by atoms with van der Waals surface area (Å²) in [5, 5.41) is 10.00. The predicted molar refractivity (Wildman–Crippen MR) is 150 cm³/mol.